The lowest BCUT2D eigenvalue weighted by Gasteiger charge is -2.02. The maximum absolute atomic E-state index is 8.55. The first-order chi connectivity index (χ1) is 7.83. The van der Waals surface area contributed by atoms with Gasteiger partial charge in [0, 0.05) is 11.9 Å². The van der Waals surface area contributed by atoms with Crippen LogP contribution in [0.25, 0.3) is 0 Å². The number of nitrogens with zero attached hydrogens (tertiary/aromatic N) is 2. The second-order valence-electron chi connectivity index (χ2n) is 3.82. The van der Waals surface area contributed by atoms with E-state index in [0.717, 1.165) is 11.6 Å². The lowest BCUT2D eigenvalue weighted by Crippen LogP contribution is -1.90. The zero-order valence-corrected chi connectivity index (χ0v) is 8.77. The molecule has 1 fully saturated rings. The highest BCUT2D eigenvalue weighted by atomic mass is 14.8. The molecule has 1 aliphatic carbocycles. The standard InChI is InChI=1S/C13H11N3/c14-7-10(8-15)9-16-13-5-3-12(4-6-13)11-1-2-11/h3-6,9,11,16H,1-2H2. The molecule has 0 heterocycles. The van der Waals surface area contributed by atoms with Gasteiger partial charge >= 0.3 is 0 Å². The van der Waals surface area contributed by atoms with Crippen molar-refractivity contribution in [1.82, 2.24) is 0 Å². The zero-order valence-electron chi connectivity index (χ0n) is 8.77. The van der Waals surface area contributed by atoms with Crippen LogP contribution in [0.1, 0.15) is 24.3 Å². The van der Waals surface area contributed by atoms with Gasteiger partial charge in [-0.1, -0.05) is 12.1 Å². The van der Waals surface area contributed by atoms with Gasteiger partial charge in [0.25, 0.3) is 0 Å². The Balaban J connectivity index is 2.03. The maximum atomic E-state index is 8.55. The van der Waals surface area contributed by atoms with Gasteiger partial charge in [-0.2, -0.15) is 10.5 Å². The summed E-state index contributed by atoms with van der Waals surface area (Å²) in [4.78, 5) is 0. The van der Waals surface area contributed by atoms with E-state index in [9.17, 15) is 0 Å². The molecule has 16 heavy (non-hydrogen) atoms. The van der Waals surface area contributed by atoms with E-state index in [0.29, 0.717) is 0 Å². The maximum Gasteiger partial charge on any atom is 0.145 e. The minimum Gasteiger partial charge on any atom is -0.360 e. The van der Waals surface area contributed by atoms with Gasteiger partial charge in [0.1, 0.15) is 17.7 Å². The van der Waals surface area contributed by atoms with Crippen LogP contribution in [0.15, 0.2) is 36.0 Å². The lowest BCUT2D eigenvalue weighted by atomic mass is 10.1. The third kappa shape index (κ3) is 2.40. The molecular weight excluding hydrogens is 198 g/mol. The van der Waals surface area contributed by atoms with Crippen LogP contribution >= 0.6 is 0 Å². The van der Waals surface area contributed by atoms with Gasteiger partial charge in [0.2, 0.25) is 0 Å². The molecule has 0 saturated heterocycles. The number of nitrogens with one attached hydrogen (secondary N) is 1. The Morgan fingerprint density at radius 3 is 2.31 bits per heavy atom. The van der Waals surface area contributed by atoms with Crippen molar-refractivity contribution in [1.29, 1.82) is 10.5 Å². The lowest BCUT2D eigenvalue weighted by molar-refractivity contribution is 1.13. The summed E-state index contributed by atoms with van der Waals surface area (Å²) in [5, 5.41) is 20.0. The van der Waals surface area contributed by atoms with Crippen molar-refractivity contribution in [2.24, 2.45) is 0 Å². The highest BCUT2D eigenvalue weighted by Crippen LogP contribution is 2.40. The number of rotatable bonds is 3. The molecule has 0 aromatic heterocycles. The molecule has 1 aliphatic rings. The first-order valence-electron chi connectivity index (χ1n) is 5.20. The molecule has 3 heteroatoms. The van der Waals surface area contributed by atoms with Crippen molar-refractivity contribution >= 4 is 5.69 Å². The fourth-order valence-corrected chi connectivity index (χ4v) is 1.51. The minimum atomic E-state index is 0.0752. The average Bonchev–Trinajstić information content (AvgIpc) is 3.15. The number of nitriles is 2. The molecule has 0 spiro atoms. The SMILES string of the molecule is N#CC(C#N)=CNc1ccc(C2CC2)cc1. The van der Waals surface area contributed by atoms with Gasteiger partial charge in [-0.25, -0.2) is 0 Å². The molecular formula is C13H11N3. The molecule has 3 nitrogen and oxygen atoms in total. The van der Waals surface area contributed by atoms with Crippen LogP contribution < -0.4 is 5.32 Å². The van der Waals surface area contributed by atoms with Crippen LogP contribution in [0.5, 0.6) is 0 Å². The summed E-state index contributed by atoms with van der Waals surface area (Å²) in [7, 11) is 0. The molecule has 0 unspecified atom stereocenters. The summed E-state index contributed by atoms with van der Waals surface area (Å²) >= 11 is 0. The Kier molecular flexibility index (Phi) is 2.89. The number of anilines is 1. The first-order valence-corrected chi connectivity index (χ1v) is 5.20. The number of benzene rings is 1. The van der Waals surface area contributed by atoms with Crippen molar-refractivity contribution in [3.8, 4) is 12.1 Å². The molecule has 1 aromatic carbocycles. The van der Waals surface area contributed by atoms with Crippen LogP contribution in [0.2, 0.25) is 0 Å². The fourth-order valence-electron chi connectivity index (χ4n) is 1.51. The molecule has 0 amide bonds. The Bertz CT molecular complexity index is 465. The van der Waals surface area contributed by atoms with Crippen LogP contribution in [0, 0.1) is 22.7 Å². The molecule has 0 radical (unpaired) electrons. The van der Waals surface area contributed by atoms with E-state index in [1.54, 1.807) is 12.1 Å². The van der Waals surface area contributed by atoms with Crippen LogP contribution in [-0.4, -0.2) is 0 Å². The highest BCUT2D eigenvalue weighted by Gasteiger charge is 2.22. The van der Waals surface area contributed by atoms with Gasteiger partial charge in [-0.15, -0.1) is 0 Å². The summed E-state index contributed by atoms with van der Waals surface area (Å²) < 4.78 is 0. The molecule has 1 saturated carbocycles. The molecule has 1 aromatic rings. The van der Waals surface area contributed by atoms with Crippen molar-refractivity contribution in [2.45, 2.75) is 18.8 Å². The molecule has 2 rings (SSSR count). The normalized spacial score (nSPS) is 13.4. The van der Waals surface area contributed by atoms with E-state index in [4.69, 9.17) is 10.5 Å². The Morgan fingerprint density at radius 1 is 1.19 bits per heavy atom. The first kappa shape index (κ1) is 10.3. The van der Waals surface area contributed by atoms with Gasteiger partial charge in [-0.05, 0) is 36.5 Å². The van der Waals surface area contributed by atoms with E-state index < -0.39 is 0 Å². The Hall–Kier alpha value is -2.26. The molecule has 0 atom stereocenters. The summed E-state index contributed by atoms with van der Waals surface area (Å²) in [6.07, 6.45) is 4.01. The van der Waals surface area contributed by atoms with E-state index in [2.05, 4.69) is 17.4 Å². The quantitative estimate of drug-likeness (QED) is 0.778. The van der Waals surface area contributed by atoms with E-state index >= 15 is 0 Å². The fraction of sp³-hybridized carbons (Fsp3) is 0.231. The molecule has 1 N–H and O–H groups in total. The highest BCUT2D eigenvalue weighted by molar-refractivity contribution is 5.50. The second kappa shape index (κ2) is 4.51. The van der Waals surface area contributed by atoms with Gasteiger partial charge in [0.15, 0.2) is 0 Å². The largest absolute Gasteiger partial charge is 0.360 e. The Labute approximate surface area is 94.6 Å². The van der Waals surface area contributed by atoms with Crippen LogP contribution in [0.3, 0.4) is 0 Å². The summed E-state index contributed by atoms with van der Waals surface area (Å²) in [6.45, 7) is 0. The van der Waals surface area contributed by atoms with E-state index in [-0.39, 0.29) is 5.57 Å². The van der Waals surface area contributed by atoms with E-state index in [1.165, 1.54) is 24.6 Å². The van der Waals surface area contributed by atoms with Gasteiger partial charge in [-0.3, -0.25) is 0 Å². The number of hydrogen-bond donors (Lipinski definition) is 1. The predicted molar refractivity (Wildman–Crippen MR) is 61.3 cm³/mol. The number of hydrogen-bond acceptors (Lipinski definition) is 3. The monoisotopic (exact) mass is 209 g/mol. The third-order valence-electron chi connectivity index (χ3n) is 2.58. The van der Waals surface area contributed by atoms with Crippen molar-refractivity contribution in [2.75, 3.05) is 5.32 Å². The molecule has 78 valence electrons. The van der Waals surface area contributed by atoms with Crippen molar-refractivity contribution in [3.05, 3.63) is 41.6 Å². The zero-order chi connectivity index (χ0) is 11.4. The Morgan fingerprint density at radius 2 is 1.81 bits per heavy atom. The average molecular weight is 209 g/mol. The number of allylic oxidation sites excluding steroid dienone is 1. The third-order valence-corrected chi connectivity index (χ3v) is 2.58. The molecule has 0 aliphatic heterocycles. The predicted octanol–water partition coefficient (Wildman–Crippen LogP) is 2.91. The molecule has 0 bridgehead atoms. The summed E-state index contributed by atoms with van der Waals surface area (Å²) in [6, 6.07) is 11.7. The topological polar surface area (TPSA) is 59.6 Å². The van der Waals surface area contributed by atoms with Crippen LogP contribution in [0.4, 0.5) is 5.69 Å². The van der Waals surface area contributed by atoms with E-state index in [1.807, 2.05) is 12.1 Å². The second-order valence-corrected chi connectivity index (χ2v) is 3.82. The van der Waals surface area contributed by atoms with Gasteiger partial charge in [0.05, 0.1) is 0 Å². The van der Waals surface area contributed by atoms with Crippen molar-refractivity contribution in [3.63, 3.8) is 0 Å². The van der Waals surface area contributed by atoms with Crippen LogP contribution in [-0.2, 0) is 0 Å². The summed E-state index contributed by atoms with van der Waals surface area (Å²) in [5.41, 5.74) is 2.34. The smallest absolute Gasteiger partial charge is 0.145 e. The van der Waals surface area contributed by atoms with Gasteiger partial charge < -0.3 is 5.32 Å². The van der Waals surface area contributed by atoms with Crippen molar-refractivity contribution < 1.29 is 0 Å². The summed E-state index contributed by atoms with van der Waals surface area (Å²) in [5.74, 6) is 0.748. The minimum absolute atomic E-state index is 0.0752.